The van der Waals surface area contributed by atoms with Gasteiger partial charge in [-0.1, -0.05) is 36.4 Å². The number of carbonyl (C=O) groups is 4. The van der Waals surface area contributed by atoms with E-state index < -0.39 is 35.6 Å². The van der Waals surface area contributed by atoms with E-state index in [2.05, 4.69) is 26.3 Å². The predicted octanol–water partition coefficient (Wildman–Crippen LogP) is 1.18. The monoisotopic (exact) mass is 663 g/mol. The average Bonchev–Trinajstić information content (AvgIpc) is 3.11. The first-order valence-corrected chi connectivity index (χ1v) is 16.3. The van der Waals surface area contributed by atoms with Gasteiger partial charge in [0.1, 0.15) is 6.04 Å². The molecule has 1 heterocycles. The Bertz CT molecular complexity index is 1460. The Balaban J connectivity index is 1.47. The van der Waals surface area contributed by atoms with Crippen molar-refractivity contribution in [3.8, 4) is 0 Å². The normalized spacial score (nSPS) is 18.1. The van der Waals surface area contributed by atoms with E-state index in [1.807, 2.05) is 54.6 Å². The van der Waals surface area contributed by atoms with E-state index in [9.17, 15) is 19.2 Å². The van der Waals surface area contributed by atoms with Crippen LogP contribution in [-0.4, -0.2) is 97.6 Å². The van der Waals surface area contributed by atoms with E-state index >= 15 is 0 Å². The highest BCUT2D eigenvalue weighted by Crippen LogP contribution is 2.34. The quantitative estimate of drug-likeness (QED) is 0.109. The molecule has 1 fully saturated rings. The van der Waals surface area contributed by atoms with Gasteiger partial charge in [0.15, 0.2) is 0 Å². The zero-order chi connectivity index (χ0) is 34.1. The van der Waals surface area contributed by atoms with Gasteiger partial charge >= 0.3 is 0 Å². The first kappa shape index (κ1) is 36.4. The maximum Gasteiger partial charge on any atom is 0.247 e. The summed E-state index contributed by atoms with van der Waals surface area (Å²) in [5.41, 5.74) is 2.20. The lowest BCUT2D eigenvalue weighted by Crippen LogP contribution is -2.50. The number of fused-ring (bicyclic) bond motifs is 1. The summed E-state index contributed by atoms with van der Waals surface area (Å²) < 4.78 is 10.5. The summed E-state index contributed by atoms with van der Waals surface area (Å²) in [5.74, 6) is -3.37. The number of anilines is 1. The Morgan fingerprint density at radius 2 is 1.35 bits per heavy atom. The molecule has 1 aromatic heterocycles. The van der Waals surface area contributed by atoms with Gasteiger partial charge in [0.05, 0.1) is 45.2 Å². The number of rotatable bonds is 18. The van der Waals surface area contributed by atoms with Crippen LogP contribution in [0.4, 0.5) is 5.69 Å². The highest BCUT2D eigenvalue weighted by Gasteiger charge is 2.40. The van der Waals surface area contributed by atoms with Crippen LogP contribution in [0, 0.1) is 17.8 Å². The smallest absolute Gasteiger partial charge is 0.247 e. The van der Waals surface area contributed by atoms with E-state index in [1.54, 1.807) is 12.3 Å². The molecule has 1 saturated carbocycles. The zero-order valence-electron chi connectivity index (χ0n) is 26.9. The molecule has 13 heteroatoms. The molecule has 3 aromatic rings. The van der Waals surface area contributed by atoms with Crippen molar-refractivity contribution < 1.29 is 38.9 Å². The molecule has 48 heavy (non-hydrogen) atoms. The number of ether oxygens (including phenoxy) is 2. The summed E-state index contributed by atoms with van der Waals surface area (Å²) >= 11 is 0. The maximum absolute atomic E-state index is 13.9. The summed E-state index contributed by atoms with van der Waals surface area (Å²) in [6.07, 6.45) is 2.59. The van der Waals surface area contributed by atoms with Crippen molar-refractivity contribution in [1.29, 1.82) is 0 Å². The molecule has 0 aliphatic heterocycles. The molecular weight excluding hydrogens is 618 g/mol. The Morgan fingerprint density at radius 1 is 0.750 bits per heavy atom. The van der Waals surface area contributed by atoms with Crippen molar-refractivity contribution in [1.82, 2.24) is 20.9 Å². The van der Waals surface area contributed by atoms with Crippen LogP contribution in [0.5, 0.6) is 0 Å². The number of aliphatic hydroxyl groups excluding tert-OH is 2. The molecule has 1 aliphatic carbocycles. The average molecular weight is 664 g/mol. The summed E-state index contributed by atoms with van der Waals surface area (Å²) in [7, 11) is 0. The molecule has 0 bridgehead atoms. The fourth-order valence-electron chi connectivity index (χ4n) is 5.81. The molecule has 4 atom stereocenters. The number of nitrogens with one attached hydrogen (secondary N) is 4. The minimum absolute atomic E-state index is 0.127. The van der Waals surface area contributed by atoms with E-state index in [1.165, 1.54) is 0 Å². The first-order valence-electron chi connectivity index (χ1n) is 16.3. The van der Waals surface area contributed by atoms with Crippen LogP contribution in [-0.2, 0) is 35.1 Å². The second kappa shape index (κ2) is 19.4. The van der Waals surface area contributed by atoms with Gasteiger partial charge in [0, 0.05) is 54.5 Å². The van der Waals surface area contributed by atoms with E-state index in [0.717, 1.165) is 16.5 Å². The highest BCUT2D eigenvalue weighted by atomic mass is 16.5. The van der Waals surface area contributed by atoms with Gasteiger partial charge in [-0.25, -0.2) is 0 Å². The third-order valence-corrected chi connectivity index (χ3v) is 8.17. The number of hydrogen-bond acceptors (Lipinski definition) is 9. The van der Waals surface area contributed by atoms with Crippen LogP contribution < -0.4 is 21.3 Å². The standard InChI is InChI=1S/C35H45N5O8/c41-13-17-47-15-11-37-32(43)26-20-27(33(44)38-12-16-48-18-14-42)22-28(21-26)34(45)40-31(19-24-5-2-1-3-6-24)35(46)39-29-8-9-30-25(23-29)7-4-10-36-30/h1-10,23,26-28,31,41-42H,11-22H2,(H,37,43)(H,38,44)(H,39,46)(H,40,45)/t26-,27+,28?,31-/m0/s1. The molecule has 0 saturated heterocycles. The minimum Gasteiger partial charge on any atom is -0.394 e. The van der Waals surface area contributed by atoms with Crippen molar-refractivity contribution in [3.63, 3.8) is 0 Å². The van der Waals surface area contributed by atoms with E-state index in [0.29, 0.717) is 5.69 Å². The number of aliphatic hydroxyl groups is 2. The van der Waals surface area contributed by atoms with Crippen molar-refractivity contribution in [2.75, 3.05) is 58.0 Å². The lowest BCUT2D eigenvalue weighted by Gasteiger charge is -2.33. The van der Waals surface area contributed by atoms with Crippen molar-refractivity contribution in [2.45, 2.75) is 31.7 Å². The third-order valence-electron chi connectivity index (χ3n) is 8.17. The Morgan fingerprint density at radius 3 is 1.96 bits per heavy atom. The van der Waals surface area contributed by atoms with Gasteiger partial charge in [-0.15, -0.1) is 0 Å². The summed E-state index contributed by atoms with van der Waals surface area (Å²) in [6.45, 7) is 0.917. The lowest BCUT2D eigenvalue weighted by atomic mass is 9.74. The molecule has 6 N–H and O–H groups in total. The lowest BCUT2D eigenvalue weighted by molar-refractivity contribution is -0.136. The second-order valence-corrected chi connectivity index (χ2v) is 11.7. The van der Waals surface area contributed by atoms with Gasteiger partial charge < -0.3 is 41.0 Å². The van der Waals surface area contributed by atoms with Gasteiger partial charge in [0.25, 0.3) is 0 Å². The largest absolute Gasteiger partial charge is 0.394 e. The topological polar surface area (TPSA) is 188 Å². The Kier molecular flexibility index (Phi) is 14.7. The molecule has 1 unspecified atom stereocenters. The van der Waals surface area contributed by atoms with Gasteiger partial charge in [0.2, 0.25) is 23.6 Å². The molecular formula is C35H45N5O8. The van der Waals surface area contributed by atoms with Crippen LogP contribution in [0.2, 0.25) is 0 Å². The first-order chi connectivity index (χ1) is 23.4. The number of pyridine rings is 1. The van der Waals surface area contributed by atoms with Crippen molar-refractivity contribution >= 4 is 40.2 Å². The third kappa shape index (κ3) is 11.4. The van der Waals surface area contributed by atoms with Crippen molar-refractivity contribution in [3.05, 3.63) is 72.4 Å². The fourth-order valence-corrected chi connectivity index (χ4v) is 5.81. The minimum atomic E-state index is -0.932. The second-order valence-electron chi connectivity index (χ2n) is 11.7. The maximum atomic E-state index is 13.9. The molecule has 0 radical (unpaired) electrons. The molecule has 2 aromatic carbocycles. The van der Waals surface area contributed by atoms with Crippen molar-refractivity contribution in [2.24, 2.45) is 17.8 Å². The van der Waals surface area contributed by atoms with Crippen LogP contribution >= 0.6 is 0 Å². The molecule has 4 rings (SSSR count). The number of carbonyl (C=O) groups excluding carboxylic acids is 4. The van der Waals surface area contributed by atoms with E-state index in [4.69, 9.17) is 19.7 Å². The Hall–Kier alpha value is -4.43. The number of hydrogen-bond donors (Lipinski definition) is 6. The van der Waals surface area contributed by atoms with E-state index in [-0.39, 0.29) is 90.2 Å². The SMILES string of the molecule is O=C(N[C@@H](Cc1ccccc1)C(=O)Nc1ccc2ncccc2c1)C1C[C@@H](C(=O)NCCOCCO)C[C@@H](C(=O)NCCOCCO)C1. The van der Waals surface area contributed by atoms with Gasteiger partial charge in [-0.05, 0) is 49.1 Å². The molecule has 4 amide bonds. The number of aromatic nitrogens is 1. The highest BCUT2D eigenvalue weighted by molar-refractivity contribution is 5.99. The molecule has 258 valence electrons. The number of benzene rings is 2. The summed E-state index contributed by atoms with van der Waals surface area (Å²) in [4.78, 5) is 58.2. The molecule has 1 aliphatic rings. The predicted molar refractivity (Wildman–Crippen MR) is 179 cm³/mol. The molecule has 13 nitrogen and oxygen atoms in total. The zero-order valence-corrected chi connectivity index (χ0v) is 26.9. The number of amides is 4. The van der Waals surface area contributed by atoms with Crippen LogP contribution in [0.15, 0.2) is 66.9 Å². The number of nitrogens with zero attached hydrogens (tertiary/aromatic N) is 1. The Labute approximate surface area is 279 Å². The van der Waals surface area contributed by atoms with Gasteiger partial charge in [-0.3, -0.25) is 24.2 Å². The summed E-state index contributed by atoms with van der Waals surface area (Å²) in [6, 6.07) is 17.5. The van der Waals surface area contributed by atoms with Gasteiger partial charge in [-0.2, -0.15) is 0 Å². The summed E-state index contributed by atoms with van der Waals surface area (Å²) in [5, 5.41) is 30.1. The molecule has 0 spiro atoms. The van der Waals surface area contributed by atoms with Crippen LogP contribution in [0.1, 0.15) is 24.8 Å². The van der Waals surface area contributed by atoms with Crippen LogP contribution in [0.25, 0.3) is 10.9 Å². The fraction of sp³-hybridized carbons (Fsp3) is 0.457. The van der Waals surface area contributed by atoms with Crippen LogP contribution in [0.3, 0.4) is 0 Å².